The third-order valence-electron chi connectivity index (χ3n) is 3.99. The number of nitrogens with one attached hydrogen (secondary N) is 2. The van der Waals surface area contributed by atoms with Crippen molar-refractivity contribution >= 4 is 21.6 Å². The van der Waals surface area contributed by atoms with Crippen LogP contribution in [0.3, 0.4) is 0 Å². The van der Waals surface area contributed by atoms with Crippen LogP contribution < -0.4 is 10.0 Å². The molecule has 1 aromatic heterocycles. The molecule has 8 heteroatoms. The van der Waals surface area contributed by atoms with Gasteiger partial charge in [-0.2, -0.15) is 0 Å². The summed E-state index contributed by atoms with van der Waals surface area (Å²) in [5.74, 6) is -0.230. The van der Waals surface area contributed by atoms with E-state index in [1.54, 1.807) is 36.8 Å². The quantitative estimate of drug-likeness (QED) is 0.683. The van der Waals surface area contributed by atoms with Gasteiger partial charge >= 0.3 is 0 Å². The fourth-order valence-corrected chi connectivity index (χ4v) is 3.18. The molecule has 1 atom stereocenters. The Kier molecular flexibility index (Phi) is 5.27. The molecule has 0 aliphatic rings. The first kappa shape index (κ1) is 18.7. The summed E-state index contributed by atoms with van der Waals surface area (Å²) in [6.07, 6.45) is 6.38. The normalized spacial score (nSPS) is 12.4. The van der Waals surface area contributed by atoms with Crippen molar-refractivity contribution in [2.75, 3.05) is 11.0 Å². The van der Waals surface area contributed by atoms with E-state index in [0.717, 1.165) is 17.5 Å². The van der Waals surface area contributed by atoms with Crippen LogP contribution in [0.25, 0.3) is 5.69 Å². The van der Waals surface area contributed by atoms with Crippen molar-refractivity contribution in [3.8, 4) is 5.69 Å². The molecule has 140 valence electrons. The third kappa shape index (κ3) is 4.95. The summed E-state index contributed by atoms with van der Waals surface area (Å²) in [4.78, 5) is 16.4. The largest absolute Gasteiger partial charge is 0.346 e. The number of amides is 1. The fourth-order valence-electron chi connectivity index (χ4n) is 2.61. The molecule has 3 rings (SSSR count). The number of carbonyl (C=O) groups is 1. The maximum atomic E-state index is 12.4. The van der Waals surface area contributed by atoms with E-state index in [4.69, 9.17) is 0 Å². The highest BCUT2D eigenvalue weighted by Gasteiger charge is 2.12. The highest BCUT2D eigenvalue weighted by atomic mass is 32.2. The van der Waals surface area contributed by atoms with Crippen molar-refractivity contribution < 1.29 is 13.2 Å². The van der Waals surface area contributed by atoms with Crippen molar-refractivity contribution in [1.82, 2.24) is 14.9 Å². The van der Waals surface area contributed by atoms with Crippen LogP contribution in [-0.4, -0.2) is 30.1 Å². The van der Waals surface area contributed by atoms with Crippen molar-refractivity contribution in [2.45, 2.75) is 13.0 Å². The Morgan fingerprint density at radius 1 is 1.07 bits per heavy atom. The number of carbonyl (C=O) groups excluding carboxylic acids is 1. The number of anilines is 1. The van der Waals surface area contributed by atoms with Crippen LogP contribution in [0.4, 0.5) is 5.69 Å². The molecule has 1 heterocycles. The van der Waals surface area contributed by atoms with E-state index in [-0.39, 0.29) is 11.9 Å². The summed E-state index contributed by atoms with van der Waals surface area (Å²) in [6.45, 7) is 1.91. The third-order valence-corrected chi connectivity index (χ3v) is 4.60. The monoisotopic (exact) mass is 384 g/mol. The van der Waals surface area contributed by atoms with Crippen LogP contribution >= 0.6 is 0 Å². The summed E-state index contributed by atoms with van der Waals surface area (Å²) in [5, 5.41) is 2.94. The second kappa shape index (κ2) is 7.63. The highest BCUT2D eigenvalue weighted by molar-refractivity contribution is 7.92. The number of aromatic nitrogens is 2. The van der Waals surface area contributed by atoms with Crippen LogP contribution in [0.5, 0.6) is 0 Å². The minimum Gasteiger partial charge on any atom is -0.346 e. The lowest BCUT2D eigenvalue weighted by atomic mass is 10.1. The van der Waals surface area contributed by atoms with Gasteiger partial charge in [0.25, 0.3) is 5.91 Å². The van der Waals surface area contributed by atoms with Gasteiger partial charge in [-0.3, -0.25) is 9.52 Å². The molecule has 1 unspecified atom stereocenters. The zero-order valence-electron chi connectivity index (χ0n) is 15.0. The molecule has 2 N–H and O–H groups in total. The lowest BCUT2D eigenvalue weighted by Crippen LogP contribution is -2.26. The molecule has 3 aromatic rings. The standard InChI is InChI=1S/C19H20N4O3S/c1-14(15-5-9-18(10-6-15)23-12-11-20-13-23)21-19(24)16-3-7-17(8-4-16)22-27(2,25)26/h3-14,22H,1-2H3,(H,21,24). The minimum atomic E-state index is -3.34. The molecule has 0 aliphatic heterocycles. The van der Waals surface area contributed by atoms with Gasteiger partial charge in [0.15, 0.2) is 0 Å². The summed E-state index contributed by atoms with van der Waals surface area (Å²) >= 11 is 0. The van der Waals surface area contributed by atoms with Gasteiger partial charge in [0.05, 0.1) is 18.6 Å². The van der Waals surface area contributed by atoms with Crippen molar-refractivity contribution in [1.29, 1.82) is 0 Å². The molecule has 0 saturated carbocycles. The second-order valence-electron chi connectivity index (χ2n) is 6.21. The Morgan fingerprint density at radius 2 is 1.74 bits per heavy atom. The Hall–Kier alpha value is -3.13. The van der Waals surface area contributed by atoms with Gasteiger partial charge in [0.1, 0.15) is 0 Å². The van der Waals surface area contributed by atoms with E-state index in [9.17, 15) is 13.2 Å². The molecular formula is C19H20N4O3S. The van der Waals surface area contributed by atoms with E-state index < -0.39 is 10.0 Å². The number of hydrogen-bond acceptors (Lipinski definition) is 4. The summed E-state index contributed by atoms with van der Waals surface area (Å²) in [5.41, 5.74) is 2.83. The lowest BCUT2D eigenvalue weighted by molar-refractivity contribution is 0.0940. The predicted octanol–water partition coefficient (Wildman–Crippen LogP) is 2.73. The van der Waals surface area contributed by atoms with Gasteiger partial charge in [-0.1, -0.05) is 12.1 Å². The van der Waals surface area contributed by atoms with Crippen LogP contribution in [0.1, 0.15) is 28.9 Å². The number of hydrogen-bond donors (Lipinski definition) is 2. The first-order chi connectivity index (χ1) is 12.8. The minimum absolute atomic E-state index is 0.178. The van der Waals surface area contributed by atoms with Crippen molar-refractivity contribution in [2.24, 2.45) is 0 Å². The molecule has 0 spiro atoms. The average molecular weight is 384 g/mol. The number of benzene rings is 2. The maximum Gasteiger partial charge on any atom is 0.251 e. The first-order valence-corrected chi connectivity index (χ1v) is 10.2. The zero-order chi connectivity index (χ0) is 19.4. The van der Waals surface area contributed by atoms with Gasteiger partial charge in [-0.05, 0) is 48.9 Å². The summed E-state index contributed by atoms with van der Waals surface area (Å²) in [7, 11) is -3.34. The van der Waals surface area contributed by atoms with Gasteiger partial charge in [-0.25, -0.2) is 13.4 Å². The molecule has 0 saturated heterocycles. The number of sulfonamides is 1. The molecule has 7 nitrogen and oxygen atoms in total. The summed E-state index contributed by atoms with van der Waals surface area (Å²) in [6, 6.07) is 13.9. The molecule has 0 aliphatic carbocycles. The van der Waals surface area contributed by atoms with E-state index in [1.807, 2.05) is 42.0 Å². The smallest absolute Gasteiger partial charge is 0.251 e. The van der Waals surface area contributed by atoms with Gasteiger partial charge < -0.3 is 9.88 Å². The Balaban J connectivity index is 1.65. The maximum absolute atomic E-state index is 12.4. The molecule has 1 amide bonds. The van der Waals surface area contributed by atoms with Gasteiger partial charge in [0.2, 0.25) is 10.0 Å². The van der Waals surface area contributed by atoms with Crippen molar-refractivity contribution in [3.63, 3.8) is 0 Å². The molecule has 0 radical (unpaired) electrons. The van der Waals surface area contributed by atoms with E-state index in [0.29, 0.717) is 11.3 Å². The number of rotatable bonds is 6. The topological polar surface area (TPSA) is 93.1 Å². The number of imidazole rings is 1. The first-order valence-electron chi connectivity index (χ1n) is 8.29. The zero-order valence-corrected chi connectivity index (χ0v) is 15.8. The molecule has 27 heavy (non-hydrogen) atoms. The highest BCUT2D eigenvalue weighted by Crippen LogP contribution is 2.17. The average Bonchev–Trinajstić information content (AvgIpc) is 3.15. The predicted molar refractivity (Wildman–Crippen MR) is 104 cm³/mol. The van der Waals surface area contributed by atoms with Crippen LogP contribution in [0.15, 0.2) is 67.3 Å². The Labute approximate surface area is 158 Å². The van der Waals surface area contributed by atoms with Crippen LogP contribution in [-0.2, 0) is 10.0 Å². The molecule has 0 bridgehead atoms. The van der Waals surface area contributed by atoms with E-state index in [1.165, 1.54) is 0 Å². The Morgan fingerprint density at radius 3 is 2.30 bits per heavy atom. The molecule has 0 fully saturated rings. The second-order valence-corrected chi connectivity index (χ2v) is 7.96. The number of nitrogens with zero attached hydrogens (tertiary/aromatic N) is 2. The van der Waals surface area contributed by atoms with Crippen LogP contribution in [0.2, 0.25) is 0 Å². The van der Waals surface area contributed by atoms with Gasteiger partial charge in [-0.15, -0.1) is 0 Å². The molecule has 2 aromatic carbocycles. The van der Waals surface area contributed by atoms with Crippen molar-refractivity contribution in [3.05, 3.63) is 78.4 Å². The Bertz CT molecular complexity index is 1010. The SMILES string of the molecule is CC(NC(=O)c1ccc(NS(C)(=O)=O)cc1)c1ccc(-n2ccnc2)cc1. The lowest BCUT2D eigenvalue weighted by Gasteiger charge is -2.15. The fraction of sp³-hybridized carbons (Fsp3) is 0.158. The summed E-state index contributed by atoms with van der Waals surface area (Å²) < 4.78 is 26.7. The van der Waals surface area contributed by atoms with Gasteiger partial charge in [0, 0.05) is 29.3 Å². The van der Waals surface area contributed by atoms with E-state index >= 15 is 0 Å². The molecular weight excluding hydrogens is 364 g/mol. The van der Waals surface area contributed by atoms with E-state index in [2.05, 4.69) is 15.0 Å². The van der Waals surface area contributed by atoms with Crippen LogP contribution in [0, 0.1) is 0 Å².